The maximum Gasteiger partial charge on any atom is 0.331 e. The first-order valence-electron chi connectivity index (χ1n) is 8.25. The highest BCUT2D eigenvalue weighted by molar-refractivity contribution is 8.00. The number of nitrogens with zero attached hydrogens (tertiary/aromatic N) is 1. The molecule has 0 spiro atoms. The van der Waals surface area contributed by atoms with Crippen LogP contribution in [0.2, 0.25) is 0 Å². The lowest BCUT2D eigenvalue weighted by Crippen LogP contribution is -2.20. The van der Waals surface area contributed by atoms with Gasteiger partial charge >= 0.3 is 5.97 Å². The summed E-state index contributed by atoms with van der Waals surface area (Å²) in [6.45, 7) is -0.547. The Balaban J connectivity index is 1.91. The van der Waals surface area contributed by atoms with Crippen LogP contribution >= 0.6 is 11.8 Å². The second-order valence-corrected chi connectivity index (χ2v) is 6.57. The van der Waals surface area contributed by atoms with Crippen LogP contribution in [0.1, 0.15) is 5.56 Å². The summed E-state index contributed by atoms with van der Waals surface area (Å²) < 4.78 is 4.85. The number of hydrogen-bond donors (Lipinski definition) is 2. The van der Waals surface area contributed by atoms with Gasteiger partial charge in [0.05, 0.1) is 21.9 Å². The fourth-order valence-corrected chi connectivity index (χ4v) is 2.92. The summed E-state index contributed by atoms with van der Waals surface area (Å²) in [6.07, 6.45) is 2.25. The number of thioether (sulfide) groups is 1. The lowest BCUT2D eigenvalue weighted by molar-refractivity contribution is -0.385. The SMILES string of the molecule is NC(=O)CSc1ccccc1NC(=O)COC(=O)/C=C/c1ccccc1[N+](=O)[O-]. The van der Waals surface area contributed by atoms with E-state index < -0.39 is 29.3 Å². The highest BCUT2D eigenvalue weighted by atomic mass is 32.2. The van der Waals surface area contributed by atoms with Gasteiger partial charge in [0.2, 0.25) is 5.91 Å². The Kier molecular flexibility index (Phi) is 7.92. The molecule has 2 amide bonds. The van der Waals surface area contributed by atoms with Gasteiger partial charge in [-0.25, -0.2) is 4.79 Å². The first-order chi connectivity index (χ1) is 13.9. The Morgan fingerprint density at radius 3 is 2.55 bits per heavy atom. The number of nitrogens with one attached hydrogen (secondary N) is 1. The maximum absolute atomic E-state index is 12.0. The molecular weight excluding hydrogens is 398 g/mol. The van der Waals surface area contributed by atoms with Crippen molar-refractivity contribution in [1.29, 1.82) is 0 Å². The summed E-state index contributed by atoms with van der Waals surface area (Å²) in [5, 5.41) is 13.5. The van der Waals surface area contributed by atoms with E-state index in [2.05, 4.69) is 5.32 Å². The number of amides is 2. The third kappa shape index (κ3) is 7.11. The first kappa shape index (κ1) is 21.6. The Labute approximate surface area is 170 Å². The first-order valence-corrected chi connectivity index (χ1v) is 9.23. The van der Waals surface area contributed by atoms with E-state index in [1.165, 1.54) is 36.0 Å². The number of nitrogens with two attached hydrogens (primary N) is 1. The van der Waals surface area contributed by atoms with Gasteiger partial charge in [0.1, 0.15) is 0 Å². The van der Waals surface area contributed by atoms with Crippen molar-refractivity contribution in [3.63, 3.8) is 0 Å². The van der Waals surface area contributed by atoms with Gasteiger partial charge in [0.15, 0.2) is 6.61 Å². The number of nitro groups is 1. The van der Waals surface area contributed by atoms with Crippen molar-refractivity contribution in [1.82, 2.24) is 0 Å². The van der Waals surface area contributed by atoms with Crippen LogP contribution in [0.4, 0.5) is 11.4 Å². The number of ether oxygens (including phenoxy) is 1. The molecule has 0 bridgehead atoms. The highest BCUT2D eigenvalue weighted by Gasteiger charge is 2.12. The molecule has 0 aliphatic heterocycles. The third-order valence-electron chi connectivity index (χ3n) is 3.41. The molecule has 2 rings (SSSR count). The second kappa shape index (κ2) is 10.6. The number of anilines is 1. The van der Waals surface area contributed by atoms with Crippen LogP contribution < -0.4 is 11.1 Å². The molecule has 0 radical (unpaired) electrons. The zero-order valence-corrected chi connectivity index (χ0v) is 15.9. The lowest BCUT2D eigenvalue weighted by atomic mass is 10.1. The highest BCUT2D eigenvalue weighted by Crippen LogP contribution is 2.26. The molecule has 29 heavy (non-hydrogen) atoms. The molecule has 0 saturated carbocycles. The van der Waals surface area contributed by atoms with Gasteiger partial charge < -0.3 is 15.8 Å². The Morgan fingerprint density at radius 1 is 1.14 bits per heavy atom. The molecule has 10 heteroatoms. The Hall–Kier alpha value is -3.66. The van der Waals surface area contributed by atoms with Crippen LogP contribution in [0.15, 0.2) is 59.5 Å². The third-order valence-corrected chi connectivity index (χ3v) is 4.50. The molecule has 2 aromatic rings. The van der Waals surface area contributed by atoms with Crippen molar-refractivity contribution in [3.05, 3.63) is 70.3 Å². The summed E-state index contributed by atoms with van der Waals surface area (Å²) >= 11 is 1.17. The van der Waals surface area contributed by atoms with E-state index >= 15 is 0 Å². The van der Waals surface area contributed by atoms with Gasteiger partial charge in [0.25, 0.3) is 11.6 Å². The van der Waals surface area contributed by atoms with Crippen LogP contribution in [0.3, 0.4) is 0 Å². The minimum absolute atomic E-state index is 0.0539. The molecule has 0 aliphatic carbocycles. The topological polar surface area (TPSA) is 142 Å². The van der Waals surface area contributed by atoms with Crippen molar-refractivity contribution in [2.75, 3.05) is 17.7 Å². The quantitative estimate of drug-likeness (QED) is 0.210. The summed E-state index contributed by atoms with van der Waals surface area (Å²) in [5.41, 5.74) is 5.66. The minimum Gasteiger partial charge on any atom is -0.452 e. The van der Waals surface area contributed by atoms with Crippen molar-refractivity contribution >= 4 is 47.0 Å². The number of primary amides is 1. The standard InChI is InChI=1S/C19H17N3O6S/c20-17(23)12-29-16-8-4-2-6-14(16)21-18(24)11-28-19(25)10-9-13-5-1-3-7-15(13)22(26)27/h1-10H,11-12H2,(H2,20,23)(H,21,24)/b10-9+. The summed E-state index contributed by atoms with van der Waals surface area (Å²) in [6, 6.07) is 12.7. The largest absolute Gasteiger partial charge is 0.452 e. The Morgan fingerprint density at radius 2 is 1.83 bits per heavy atom. The van der Waals surface area contributed by atoms with Crippen LogP contribution in [-0.4, -0.2) is 35.1 Å². The molecule has 0 saturated heterocycles. The fourth-order valence-electron chi connectivity index (χ4n) is 2.17. The van der Waals surface area contributed by atoms with Gasteiger partial charge in [-0.1, -0.05) is 24.3 Å². The van der Waals surface area contributed by atoms with Crippen molar-refractivity contribution in [2.45, 2.75) is 4.90 Å². The minimum atomic E-state index is -0.824. The van der Waals surface area contributed by atoms with Gasteiger partial charge in [-0.15, -0.1) is 11.8 Å². The summed E-state index contributed by atoms with van der Waals surface area (Å²) in [7, 11) is 0. The molecule has 3 N–H and O–H groups in total. The number of hydrogen-bond acceptors (Lipinski definition) is 7. The van der Waals surface area contributed by atoms with Gasteiger partial charge in [-0.05, 0) is 24.3 Å². The zero-order valence-electron chi connectivity index (χ0n) is 15.1. The molecule has 0 unspecified atom stereocenters. The zero-order chi connectivity index (χ0) is 21.2. The van der Waals surface area contributed by atoms with E-state index in [9.17, 15) is 24.5 Å². The number of nitro benzene ring substituents is 1. The fraction of sp³-hybridized carbons (Fsp3) is 0.105. The van der Waals surface area contributed by atoms with E-state index in [1.54, 1.807) is 30.3 Å². The summed E-state index contributed by atoms with van der Waals surface area (Å²) in [5.74, 6) is -1.84. The van der Waals surface area contributed by atoms with E-state index in [-0.39, 0.29) is 17.0 Å². The van der Waals surface area contributed by atoms with Crippen LogP contribution in [0, 0.1) is 10.1 Å². The van der Waals surface area contributed by atoms with E-state index in [0.29, 0.717) is 10.6 Å². The molecule has 150 valence electrons. The molecule has 0 atom stereocenters. The average Bonchev–Trinajstić information content (AvgIpc) is 2.70. The molecule has 9 nitrogen and oxygen atoms in total. The van der Waals surface area contributed by atoms with Crippen molar-refractivity contribution in [3.8, 4) is 0 Å². The number of carbonyl (C=O) groups is 3. The second-order valence-electron chi connectivity index (χ2n) is 5.56. The Bertz CT molecular complexity index is 960. The molecule has 2 aromatic carbocycles. The van der Waals surface area contributed by atoms with Crippen molar-refractivity contribution in [2.24, 2.45) is 5.73 Å². The average molecular weight is 415 g/mol. The summed E-state index contributed by atoms with van der Waals surface area (Å²) in [4.78, 5) is 45.7. The molecule has 0 aliphatic rings. The van der Waals surface area contributed by atoms with Crippen LogP contribution in [0.25, 0.3) is 6.08 Å². The number of benzene rings is 2. The van der Waals surface area contributed by atoms with E-state index in [0.717, 1.165) is 6.08 Å². The van der Waals surface area contributed by atoms with Crippen LogP contribution in [0.5, 0.6) is 0 Å². The lowest BCUT2D eigenvalue weighted by Gasteiger charge is -2.10. The van der Waals surface area contributed by atoms with Gasteiger partial charge in [-0.2, -0.15) is 0 Å². The van der Waals surface area contributed by atoms with E-state index in [1.807, 2.05) is 0 Å². The number of rotatable bonds is 9. The predicted molar refractivity (Wildman–Crippen MR) is 108 cm³/mol. The van der Waals surface area contributed by atoms with Gasteiger partial charge in [0, 0.05) is 17.0 Å². The predicted octanol–water partition coefficient (Wildman–Crippen LogP) is 2.37. The molecule has 0 aromatic heterocycles. The smallest absolute Gasteiger partial charge is 0.331 e. The molecule has 0 heterocycles. The monoisotopic (exact) mass is 415 g/mol. The molecule has 0 fully saturated rings. The normalized spacial score (nSPS) is 10.5. The van der Waals surface area contributed by atoms with Crippen molar-refractivity contribution < 1.29 is 24.0 Å². The number of para-hydroxylation sites is 2. The number of esters is 1. The van der Waals surface area contributed by atoms with Gasteiger partial charge in [-0.3, -0.25) is 19.7 Å². The van der Waals surface area contributed by atoms with Crippen LogP contribution in [-0.2, 0) is 19.1 Å². The van der Waals surface area contributed by atoms with E-state index in [4.69, 9.17) is 10.5 Å². The number of carbonyl (C=O) groups excluding carboxylic acids is 3. The maximum atomic E-state index is 12.0. The molecular formula is C19H17N3O6S.